The number of aromatic amines is 1. The van der Waals surface area contributed by atoms with E-state index in [1.54, 1.807) is 53.7 Å². The predicted octanol–water partition coefficient (Wildman–Crippen LogP) is 6.31. The maximum Gasteiger partial charge on any atom is 0.257 e. The second-order valence-corrected chi connectivity index (χ2v) is 8.96. The molecule has 1 saturated heterocycles. The summed E-state index contributed by atoms with van der Waals surface area (Å²) in [5.74, 6) is -0.544. The van der Waals surface area contributed by atoms with Crippen molar-refractivity contribution < 1.29 is 13.9 Å². The van der Waals surface area contributed by atoms with Gasteiger partial charge in [0.1, 0.15) is 18.0 Å². The number of amides is 1. The highest BCUT2D eigenvalue weighted by Crippen LogP contribution is 2.44. The van der Waals surface area contributed by atoms with Gasteiger partial charge >= 0.3 is 0 Å². The van der Waals surface area contributed by atoms with Crippen molar-refractivity contribution in [2.75, 3.05) is 4.90 Å². The molecule has 1 fully saturated rings. The first-order valence-electron chi connectivity index (χ1n) is 10.7. The van der Waals surface area contributed by atoms with Crippen LogP contribution in [0.2, 0.25) is 10.0 Å². The molecule has 1 aliphatic rings. The van der Waals surface area contributed by atoms with Crippen molar-refractivity contribution in [1.29, 1.82) is 0 Å². The fraction of sp³-hybridized carbons (Fsp3) is 0.154. The summed E-state index contributed by atoms with van der Waals surface area (Å²) in [6.45, 7) is 0. The Bertz CT molecular complexity index is 1260. The van der Waals surface area contributed by atoms with Crippen LogP contribution in [-0.2, 0) is 16.0 Å². The summed E-state index contributed by atoms with van der Waals surface area (Å²) in [7, 11) is 0. The summed E-state index contributed by atoms with van der Waals surface area (Å²) in [5.41, 5.74) is 3.15. The van der Waals surface area contributed by atoms with Crippen molar-refractivity contribution >= 4 is 34.8 Å². The number of nitrogens with zero attached hydrogens (tertiary/aromatic N) is 2. The molecule has 0 unspecified atom stereocenters. The minimum absolute atomic E-state index is 0.212. The highest BCUT2D eigenvalue weighted by Gasteiger charge is 2.45. The van der Waals surface area contributed by atoms with Crippen LogP contribution in [0.25, 0.3) is 0 Å². The van der Waals surface area contributed by atoms with Crippen LogP contribution >= 0.6 is 23.2 Å². The average Bonchev–Trinajstić information content (AvgIpc) is 3.37. The van der Waals surface area contributed by atoms with Crippen molar-refractivity contribution in [2.24, 2.45) is 0 Å². The molecule has 1 N–H and O–H groups in total. The molecule has 0 saturated carbocycles. The summed E-state index contributed by atoms with van der Waals surface area (Å²) < 4.78 is 19.9. The highest BCUT2D eigenvalue weighted by atomic mass is 35.5. The number of carbonyl (C=O) groups is 1. The molecule has 3 atom stereocenters. The van der Waals surface area contributed by atoms with Crippen molar-refractivity contribution in [3.8, 4) is 0 Å². The molecule has 1 aliphatic heterocycles. The molecule has 1 aromatic heterocycles. The third kappa shape index (κ3) is 4.57. The fourth-order valence-corrected chi connectivity index (χ4v) is 4.52. The zero-order valence-corrected chi connectivity index (χ0v) is 19.4. The van der Waals surface area contributed by atoms with Gasteiger partial charge in [-0.15, -0.1) is 0 Å². The predicted molar refractivity (Wildman–Crippen MR) is 129 cm³/mol. The standard InChI is InChI=1S/C26H20Cl2FN3O2/c27-19-7-3-17(4-8-19)24-25(18-5-9-20(28)10-6-18)34-23(13-16-1-11-21(29)12-2-16)26(33)32(24)22-14-30-31-15-22/h1-12,14-15,23-25H,13H2,(H,30,31)/t23-,24+,25-/m0/s1. The second kappa shape index (κ2) is 9.58. The summed E-state index contributed by atoms with van der Waals surface area (Å²) in [5, 5.41) is 8.06. The Kier molecular flexibility index (Phi) is 6.37. The molecule has 8 heteroatoms. The number of rotatable bonds is 5. The Morgan fingerprint density at radius 2 is 1.53 bits per heavy atom. The van der Waals surface area contributed by atoms with Crippen LogP contribution < -0.4 is 4.90 Å². The maximum atomic E-state index is 13.8. The highest BCUT2D eigenvalue weighted by molar-refractivity contribution is 6.30. The molecular formula is C26H20Cl2FN3O2. The lowest BCUT2D eigenvalue weighted by molar-refractivity contribution is -0.144. The number of halogens is 3. The Labute approximate surface area is 206 Å². The Morgan fingerprint density at radius 3 is 2.12 bits per heavy atom. The Morgan fingerprint density at radius 1 is 0.912 bits per heavy atom. The lowest BCUT2D eigenvalue weighted by atomic mass is 9.90. The number of nitrogens with one attached hydrogen (secondary N) is 1. The number of benzene rings is 3. The van der Waals surface area contributed by atoms with Crippen LogP contribution in [0.5, 0.6) is 0 Å². The second-order valence-electron chi connectivity index (χ2n) is 8.09. The molecule has 3 aromatic carbocycles. The number of hydrogen-bond acceptors (Lipinski definition) is 3. The largest absolute Gasteiger partial charge is 0.358 e. The van der Waals surface area contributed by atoms with Crippen molar-refractivity contribution in [3.05, 3.63) is 118 Å². The minimum atomic E-state index is -0.787. The van der Waals surface area contributed by atoms with Gasteiger partial charge in [-0.1, -0.05) is 59.6 Å². The van der Waals surface area contributed by atoms with Gasteiger partial charge in [-0.3, -0.25) is 14.8 Å². The van der Waals surface area contributed by atoms with E-state index in [1.807, 2.05) is 24.3 Å². The first kappa shape index (κ1) is 22.6. The van der Waals surface area contributed by atoms with Crippen molar-refractivity contribution in [3.63, 3.8) is 0 Å². The van der Waals surface area contributed by atoms with E-state index in [-0.39, 0.29) is 11.7 Å². The van der Waals surface area contributed by atoms with E-state index in [2.05, 4.69) is 10.2 Å². The number of aromatic nitrogens is 2. The smallest absolute Gasteiger partial charge is 0.257 e. The lowest BCUT2D eigenvalue weighted by Crippen LogP contribution is -2.51. The van der Waals surface area contributed by atoms with Gasteiger partial charge in [0.25, 0.3) is 5.91 Å². The van der Waals surface area contributed by atoms with E-state index in [9.17, 15) is 9.18 Å². The average molecular weight is 496 g/mol. The lowest BCUT2D eigenvalue weighted by Gasteiger charge is -2.44. The molecule has 0 spiro atoms. The van der Waals surface area contributed by atoms with E-state index in [1.165, 1.54) is 12.1 Å². The molecule has 0 aliphatic carbocycles. The van der Waals surface area contributed by atoms with Gasteiger partial charge in [0.2, 0.25) is 0 Å². The number of hydrogen-bond donors (Lipinski definition) is 1. The number of anilines is 1. The molecular weight excluding hydrogens is 476 g/mol. The molecule has 0 bridgehead atoms. The van der Waals surface area contributed by atoms with E-state index in [0.717, 1.165) is 16.7 Å². The van der Waals surface area contributed by atoms with Gasteiger partial charge in [-0.2, -0.15) is 5.10 Å². The monoisotopic (exact) mass is 495 g/mol. The molecule has 172 valence electrons. The molecule has 1 amide bonds. The van der Waals surface area contributed by atoms with Gasteiger partial charge in [-0.25, -0.2) is 4.39 Å². The van der Waals surface area contributed by atoms with Crippen LogP contribution in [0, 0.1) is 5.82 Å². The van der Waals surface area contributed by atoms with Crippen LogP contribution in [0.1, 0.15) is 28.8 Å². The van der Waals surface area contributed by atoms with E-state index >= 15 is 0 Å². The summed E-state index contributed by atoms with van der Waals surface area (Å²) in [6, 6.07) is 20.4. The van der Waals surface area contributed by atoms with Gasteiger partial charge in [0.05, 0.1) is 17.9 Å². The first-order valence-corrected chi connectivity index (χ1v) is 11.5. The minimum Gasteiger partial charge on any atom is -0.358 e. The zero-order valence-electron chi connectivity index (χ0n) is 17.9. The molecule has 0 radical (unpaired) electrons. The van der Waals surface area contributed by atoms with Crippen LogP contribution in [-0.4, -0.2) is 22.2 Å². The Hall–Kier alpha value is -3.19. The number of morpholine rings is 1. The topological polar surface area (TPSA) is 58.2 Å². The van der Waals surface area contributed by atoms with Crippen LogP contribution in [0.4, 0.5) is 10.1 Å². The summed E-state index contributed by atoms with van der Waals surface area (Å²) in [4.78, 5) is 15.5. The van der Waals surface area contributed by atoms with Crippen LogP contribution in [0.3, 0.4) is 0 Å². The molecule has 4 aromatic rings. The normalized spacial score (nSPS) is 20.5. The number of ether oxygens (including phenoxy) is 1. The molecule has 2 heterocycles. The van der Waals surface area contributed by atoms with Crippen molar-refractivity contribution in [1.82, 2.24) is 10.2 Å². The van der Waals surface area contributed by atoms with Crippen molar-refractivity contribution in [2.45, 2.75) is 24.7 Å². The van der Waals surface area contributed by atoms with E-state index < -0.39 is 18.2 Å². The zero-order chi connectivity index (χ0) is 23.7. The van der Waals surface area contributed by atoms with Gasteiger partial charge in [0, 0.05) is 22.7 Å². The number of carbonyl (C=O) groups excluding carboxylic acids is 1. The maximum absolute atomic E-state index is 13.8. The third-order valence-electron chi connectivity index (χ3n) is 5.90. The number of H-pyrrole nitrogens is 1. The van der Waals surface area contributed by atoms with E-state index in [4.69, 9.17) is 27.9 Å². The molecule has 5 rings (SSSR count). The van der Waals surface area contributed by atoms with E-state index in [0.29, 0.717) is 22.2 Å². The van der Waals surface area contributed by atoms with Gasteiger partial charge in [-0.05, 0) is 53.1 Å². The third-order valence-corrected chi connectivity index (χ3v) is 6.40. The first-order chi connectivity index (χ1) is 16.5. The summed E-state index contributed by atoms with van der Waals surface area (Å²) in [6.07, 6.45) is 2.30. The van der Waals surface area contributed by atoms with Crippen LogP contribution in [0.15, 0.2) is 85.2 Å². The SMILES string of the molecule is O=C1[C@H](Cc2ccc(F)cc2)O[C@@H](c2ccc(Cl)cc2)[C@@H](c2ccc(Cl)cc2)N1c1cn[nH]c1. The fourth-order valence-electron chi connectivity index (χ4n) is 4.27. The quantitative estimate of drug-likeness (QED) is 0.352. The van der Waals surface area contributed by atoms with Gasteiger partial charge < -0.3 is 4.74 Å². The Balaban J connectivity index is 1.61. The molecule has 34 heavy (non-hydrogen) atoms. The molecule has 5 nitrogen and oxygen atoms in total. The van der Waals surface area contributed by atoms with Gasteiger partial charge in [0.15, 0.2) is 0 Å². The summed E-state index contributed by atoms with van der Waals surface area (Å²) >= 11 is 12.3.